The first-order chi connectivity index (χ1) is 7.45. The van der Waals surface area contributed by atoms with Gasteiger partial charge < -0.3 is 4.74 Å². The quantitative estimate of drug-likeness (QED) is 0.736. The van der Waals surface area contributed by atoms with E-state index in [2.05, 4.69) is 29.6 Å². The minimum absolute atomic E-state index is 0.450. The van der Waals surface area contributed by atoms with Crippen molar-refractivity contribution in [3.8, 4) is 0 Å². The van der Waals surface area contributed by atoms with Crippen molar-refractivity contribution in [2.45, 2.75) is 25.4 Å². The molecule has 0 N–H and O–H groups in total. The smallest absolute Gasteiger partial charge is 0.0600 e. The number of hydrogen-bond donors (Lipinski definition) is 0. The summed E-state index contributed by atoms with van der Waals surface area (Å²) in [6.45, 7) is 2.81. The molecule has 0 atom stereocenters. The van der Waals surface area contributed by atoms with Crippen LogP contribution in [0.5, 0.6) is 0 Å². The van der Waals surface area contributed by atoms with Gasteiger partial charge in [0.1, 0.15) is 0 Å². The Bertz CT molecular complexity index is 267. The SMILES string of the molecule is c1ccc(CCOC2CC[N]CC2)cc1. The summed E-state index contributed by atoms with van der Waals surface area (Å²) in [5, 5.41) is 4.31. The Kier molecular flexibility index (Phi) is 4.18. The van der Waals surface area contributed by atoms with Crippen LogP contribution in [0.1, 0.15) is 18.4 Å². The van der Waals surface area contributed by atoms with Gasteiger partial charge in [0, 0.05) is 13.1 Å². The lowest BCUT2D eigenvalue weighted by molar-refractivity contribution is 0.0343. The maximum atomic E-state index is 5.83. The Morgan fingerprint density at radius 1 is 1.13 bits per heavy atom. The third kappa shape index (κ3) is 3.65. The van der Waals surface area contributed by atoms with E-state index in [-0.39, 0.29) is 0 Å². The van der Waals surface area contributed by atoms with Gasteiger partial charge in [-0.05, 0) is 24.8 Å². The first kappa shape index (κ1) is 10.7. The minimum Gasteiger partial charge on any atom is -0.378 e. The van der Waals surface area contributed by atoms with Gasteiger partial charge in [-0.1, -0.05) is 30.3 Å². The maximum Gasteiger partial charge on any atom is 0.0600 e. The zero-order chi connectivity index (χ0) is 10.3. The lowest BCUT2D eigenvalue weighted by Crippen LogP contribution is -2.28. The molecular formula is C13H18NO. The number of nitrogens with zero attached hydrogens (tertiary/aromatic N) is 1. The molecule has 0 bridgehead atoms. The lowest BCUT2D eigenvalue weighted by Gasteiger charge is -2.21. The molecule has 15 heavy (non-hydrogen) atoms. The van der Waals surface area contributed by atoms with Gasteiger partial charge in [-0.15, -0.1) is 0 Å². The summed E-state index contributed by atoms with van der Waals surface area (Å²) in [5.74, 6) is 0. The summed E-state index contributed by atoms with van der Waals surface area (Å²) >= 11 is 0. The topological polar surface area (TPSA) is 23.3 Å². The Hall–Kier alpha value is -0.860. The zero-order valence-electron chi connectivity index (χ0n) is 9.06. The molecule has 81 valence electrons. The average Bonchev–Trinajstić information content (AvgIpc) is 2.32. The van der Waals surface area contributed by atoms with Crippen molar-refractivity contribution in [3.63, 3.8) is 0 Å². The molecule has 1 saturated heterocycles. The Morgan fingerprint density at radius 2 is 1.87 bits per heavy atom. The Morgan fingerprint density at radius 3 is 2.60 bits per heavy atom. The summed E-state index contributed by atoms with van der Waals surface area (Å²) in [4.78, 5) is 0. The lowest BCUT2D eigenvalue weighted by atomic mass is 10.1. The van der Waals surface area contributed by atoms with Crippen LogP contribution < -0.4 is 5.32 Å². The average molecular weight is 204 g/mol. The van der Waals surface area contributed by atoms with Crippen LogP contribution in [0.15, 0.2) is 30.3 Å². The monoisotopic (exact) mass is 204 g/mol. The van der Waals surface area contributed by atoms with E-state index in [1.165, 1.54) is 5.56 Å². The van der Waals surface area contributed by atoms with Gasteiger partial charge in [0.15, 0.2) is 0 Å². The van der Waals surface area contributed by atoms with Crippen molar-refractivity contribution in [2.24, 2.45) is 0 Å². The summed E-state index contributed by atoms with van der Waals surface area (Å²) in [5.41, 5.74) is 1.36. The standard InChI is InChI=1S/C13H18NO/c1-2-4-12(5-3-1)8-11-15-13-6-9-14-10-7-13/h1-5,13H,6-11H2. The molecule has 0 aromatic heterocycles. The number of rotatable bonds is 4. The molecule has 2 heteroatoms. The van der Waals surface area contributed by atoms with Crippen molar-refractivity contribution in [2.75, 3.05) is 19.7 Å². The number of hydrogen-bond acceptors (Lipinski definition) is 1. The van der Waals surface area contributed by atoms with Crippen LogP contribution >= 0.6 is 0 Å². The number of piperidine rings is 1. The summed E-state index contributed by atoms with van der Waals surface area (Å²) in [7, 11) is 0. The van der Waals surface area contributed by atoms with E-state index in [1.807, 2.05) is 6.07 Å². The fraction of sp³-hybridized carbons (Fsp3) is 0.538. The molecule has 0 unspecified atom stereocenters. The maximum absolute atomic E-state index is 5.83. The highest BCUT2D eigenvalue weighted by Crippen LogP contribution is 2.09. The van der Waals surface area contributed by atoms with Crippen molar-refractivity contribution in [1.29, 1.82) is 0 Å². The van der Waals surface area contributed by atoms with Crippen LogP contribution in [0.2, 0.25) is 0 Å². The Balaban J connectivity index is 1.66. The van der Waals surface area contributed by atoms with Gasteiger partial charge in [0.25, 0.3) is 0 Å². The highest BCUT2D eigenvalue weighted by atomic mass is 16.5. The fourth-order valence-electron chi connectivity index (χ4n) is 1.88. The molecule has 0 spiro atoms. The predicted octanol–water partition coefficient (Wildman–Crippen LogP) is 2.01. The van der Waals surface area contributed by atoms with E-state index in [1.54, 1.807) is 0 Å². The van der Waals surface area contributed by atoms with Gasteiger partial charge in [-0.25, -0.2) is 5.32 Å². The molecule has 1 heterocycles. The van der Waals surface area contributed by atoms with Gasteiger partial charge in [0.05, 0.1) is 12.7 Å². The fourth-order valence-corrected chi connectivity index (χ4v) is 1.88. The molecule has 2 nitrogen and oxygen atoms in total. The van der Waals surface area contributed by atoms with Crippen LogP contribution in [-0.2, 0) is 11.2 Å². The molecule has 1 fully saturated rings. The molecule has 0 aliphatic carbocycles. The van der Waals surface area contributed by atoms with Crippen LogP contribution in [0, 0.1) is 0 Å². The summed E-state index contributed by atoms with van der Waals surface area (Å²) < 4.78 is 5.83. The van der Waals surface area contributed by atoms with Gasteiger partial charge in [-0.3, -0.25) is 0 Å². The summed E-state index contributed by atoms with van der Waals surface area (Å²) in [6, 6.07) is 10.5. The van der Waals surface area contributed by atoms with E-state index >= 15 is 0 Å². The predicted molar refractivity (Wildman–Crippen MR) is 61.0 cm³/mol. The van der Waals surface area contributed by atoms with Gasteiger partial charge in [0.2, 0.25) is 0 Å². The minimum atomic E-state index is 0.450. The molecule has 0 amide bonds. The van der Waals surface area contributed by atoms with Gasteiger partial charge in [-0.2, -0.15) is 0 Å². The Labute approximate surface area is 91.6 Å². The van der Waals surface area contributed by atoms with Gasteiger partial charge >= 0.3 is 0 Å². The second-order valence-corrected chi connectivity index (χ2v) is 3.98. The van der Waals surface area contributed by atoms with Crippen LogP contribution in [0.3, 0.4) is 0 Å². The zero-order valence-corrected chi connectivity index (χ0v) is 9.06. The third-order valence-electron chi connectivity index (χ3n) is 2.81. The van der Waals surface area contributed by atoms with E-state index in [0.29, 0.717) is 6.10 Å². The van der Waals surface area contributed by atoms with E-state index < -0.39 is 0 Å². The number of benzene rings is 1. The molecule has 1 aromatic carbocycles. The van der Waals surface area contributed by atoms with Crippen molar-refractivity contribution in [1.82, 2.24) is 5.32 Å². The number of ether oxygens (including phenoxy) is 1. The first-order valence-corrected chi connectivity index (χ1v) is 5.74. The largest absolute Gasteiger partial charge is 0.378 e. The van der Waals surface area contributed by atoms with E-state index in [9.17, 15) is 0 Å². The third-order valence-corrected chi connectivity index (χ3v) is 2.81. The van der Waals surface area contributed by atoms with E-state index in [4.69, 9.17) is 4.74 Å². The molecule has 0 saturated carbocycles. The second kappa shape index (κ2) is 5.89. The molecule has 1 radical (unpaired) electrons. The second-order valence-electron chi connectivity index (χ2n) is 3.98. The van der Waals surface area contributed by atoms with Crippen molar-refractivity contribution >= 4 is 0 Å². The van der Waals surface area contributed by atoms with Crippen LogP contribution in [0.4, 0.5) is 0 Å². The first-order valence-electron chi connectivity index (χ1n) is 5.74. The van der Waals surface area contributed by atoms with Crippen molar-refractivity contribution in [3.05, 3.63) is 35.9 Å². The van der Waals surface area contributed by atoms with E-state index in [0.717, 1.165) is 39.0 Å². The molecule has 1 aliphatic rings. The highest BCUT2D eigenvalue weighted by Gasteiger charge is 2.13. The normalized spacial score (nSPS) is 17.9. The molecular weight excluding hydrogens is 186 g/mol. The summed E-state index contributed by atoms with van der Waals surface area (Å²) in [6.07, 6.45) is 3.68. The highest BCUT2D eigenvalue weighted by molar-refractivity contribution is 5.14. The van der Waals surface area contributed by atoms with Crippen LogP contribution in [0.25, 0.3) is 0 Å². The molecule has 1 aliphatic heterocycles. The molecule has 2 rings (SSSR count). The molecule has 1 aromatic rings. The van der Waals surface area contributed by atoms with Crippen molar-refractivity contribution < 1.29 is 4.74 Å². The van der Waals surface area contributed by atoms with Crippen LogP contribution in [-0.4, -0.2) is 25.8 Å².